The van der Waals surface area contributed by atoms with Crippen molar-refractivity contribution in [3.05, 3.63) is 71.9 Å². The SMILES string of the molecule is C[C@@H](Nc1nc(Nc2cccc(NC(=O)N3CCC[C@@H]3C)c2)ncc1C(N)=O)c1ccccc1. The third kappa shape index (κ3) is 5.43. The quantitative estimate of drug-likeness (QED) is 0.412. The molecule has 34 heavy (non-hydrogen) atoms. The largest absolute Gasteiger partial charge is 0.365 e. The minimum atomic E-state index is -0.616. The van der Waals surface area contributed by atoms with E-state index in [1.54, 1.807) is 0 Å². The Hall–Kier alpha value is -4.14. The summed E-state index contributed by atoms with van der Waals surface area (Å²) in [6.45, 7) is 4.80. The fourth-order valence-electron chi connectivity index (χ4n) is 4.00. The molecule has 1 aliphatic heterocycles. The standard InChI is InChI=1S/C25H29N7O2/c1-16-8-7-13-32(16)25(34)30-20-12-6-11-19(14-20)29-24-27-15-21(22(26)33)23(31-24)28-17(2)18-9-4-3-5-10-18/h3-6,9-12,14-17H,7-8,13H2,1-2H3,(H2,26,33)(H,30,34)(H2,27,28,29,31)/t16-,17+/m0/s1. The number of hydrogen-bond donors (Lipinski definition) is 4. The molecule has 176 valence electrons. The number of nitrogens with two attached hydrogens (primary N) is 1. The molecule has 0 unspecified atom stereocenters. The van der Waals surface area contributed by atoms with Crippen LogP contribution in [0.15, 0.2) is 60.8 Å². The average Bonchev–Trinajstić information content (AvgIpc) is 3.26. The molecule has 1 saturated heterocycles. The molecule has 0 saturated carbocycles. The second-order valence-corrected chi connectivity index (χ2v) is 8.42. The van der Waals surface area contributed by atoms with Crippen molar-refractivity contribution < 1.29 is 9.59 Å². The lowest BCUT2D eigenvalue weighted by atomic mass is 10.1. The first kappa shape index (κ1) is 23.0. The number of hydrogen-bond acceptors (Lipinski definition) is 6. The van der Waals surface area contributed by atoms with Gasteiger partial charge in [-0.15, -0.1) is 0 Å². The van der Waals surface area contributed by atoms with Gasteiger partial charge in [0.05, 0.1) is 5.56 Å². The monoisotopic (exact) mass is 459 g/mol. The number of benzene rings is 2. The van der Waals surface area contributed by atoms with Crippen LogP contribution in [0.3, 0.4) is 0 Å². The van der Waals surface area contributed by atoms with Gasteiger partial charge < -0.3 is 26.6 Å². The third-order valence-corrected chi connectivity index (χ3v) is 5.89. The number of aromatic nitrogens is 2. The molecule has 5 N–H and O–H groups in total. The van der Waals surface area contributed by atoms with Crippen molar-refractivity contribution in [2.24, 2.45) is 5.73 Å². The van der Waals surface area contributed by atoms with Crippen molar-refractivity contribution in [3.8, 4) is 0 Å². The van der Waals surface area contributed by atoms with Crippen molar-refractivity contribution in [2.45, 2.75) is 38.8 Å². The molecule has 9 nitrogen and oxygen atoms in total. The first-order chi connectivity index (χ1) is 16.4. The van der Waals surface area contributed by atoms with Crippen LogP contribution >= 0.6 is 0 Å². The van der Waals surface area contributed by atoms with E-state index in [0.717, 1.165) is 24.9 Å². The van der Waals surface area contributed by atoms with Gasteiger partial charge in [0.1, 0.15) is 5.82 Å². The second kappa shape index (κ2) is 10.2. The van der Waals surface area contributed by atoms with Gasteiger partial charge in [0.25, 0.3) is 5.91 Å². The van der Waals surface area contributed by atoms with E-state index in [4.69, 9.17) is 5.73 Å². The van der Waals surface area contributed by atoms with Crippen LogP contribution in [-0.4, -0.2) is 39.4 Å². The van der Waals surface area contributed by atoms with Gasteiger partial charge in [-0.25, -0.2) is 9.78 Å². The number of carbonyl (C=O) groups is 2. The molecule has 0 spiro atoms. The molecule has 2 aromatic carbocycles. The van der Waals surface area contributed by atoms with E-state index in [1.165, 1.54) is 6.20 Å². The summed E-state index contributed by atoms with van der Waals surface area (Å²) in [7, 11) is 0. The minimum absolute atomic E-state index is 0.103. The van der Waals surface area contributed by atoms with Crippen LogP contribution in [0.4, 0.5) is 27.9 Å². The zero-order valence-electron chi connectivity index (χ0n) is 19.3. The molecule has 4 rings (SSSR count). The summed E-state index contributed by atoms with van der Waals surface area (Å²) in [4.78, 5) is 35.1. The molecule has 1 fully saturated rings. The predicted molar refractivity (Wildman–Crippen MR) is 133 cm³/mol. The van der Waals surface area contributed by atoms with Crippen molar-refractivity contribution >= 4 is 35.1 Å². The summed E-state index contributed by atoms with van der Waals surface area (Å²) in [5.41, 5.74) is 8.14. The highest BCUT2D eigenvalue weighted by Gasteiger charge is 2.25. The van der Waals surface area contributed by atoms with Crippen LogP contribution in [0.2, 0.25) is 0 Å². The number of nitrogens with zero attached hydrogens (tertiary/aromatic N) is 3. The molecule has 1 aliphatic rings. The van der Waals surface area contributed by atoms with E-state index >= 15 is 0 Å². The molecule has 3 aromatic rings. The Balaban J connectivity index is 1.50. The van der Waals surface area contributed by atoms with Gasteiger partial charge in [-0.05, 0) is 50.5 Å². The number of urea groups is 1. The summed E-state index contributed by atoms with van der Waals surface area (Å²) in [6.07, 6.45) is 3.44. The van der Waals surface area contributed by atoms with Crippen LogP contribution in [0.5, 0.6) is 0 Å². The summed E-state index contributed by atoms with van der Waals surface area (Å²) < 4.78 is 0. The second-order valence-electron chi connectivity index (χ2n) is 8.42. The van der Waals surface area contributed by atoms with Crippen molar-refractivity contribution in [1.82, 2.24) is 14.9 Å². The number of rotatable bonds is 7. The fraction of sp³-hybridized carbons (Fsp3) is 0.280. The average molecular weight is 460 g/mol. The van der Waals surface area contributed by atoms with Crippen molar-refractivity contribution in [3.63, 3.8) is 0 Å². The van der Waals surface area contributed by atoms with Gasteiger partial charge in [0.2, 0.25) is 5.95 Å². The number of primary amides is 1. The fourth-order valence-corrected chi connectivity index (χ4v) is 4.00. The van der Waals surface area contributed by atoms with Crippen LogP contribution in [0.25, 0.3) is 0 Å². The van der Waals surface area contributed by atoms with Gasteiger partial charge in [-0.1, -0.05) is 36.4 Å². The lowest BCUT2D eigenvalue weighted by Crippen LogP contribution is -2.37. The van der Waals surface area contributed by atoms with E-state index < -0.39 is 5.91 Å². The highest BCUT2D eigenvalue weighted by Crippen LogP contribution is 2.24. The van der Waals surface area contributed by atoms with Crippen molar-refractivity contribution in [1.29, 1.82) is 0 Å². The molecule has 0 bridgehead atoms. The summed E-state index contributed by atoms with van der Waals surface area (Å²) >= 11 is 0. The Morgan fingerprint density at radius 1 is 1.12 bits per heavy atom. The van der Waals surface area contributed by atoms with Crippen LogP contribution < -0.4 is 21.7 Å². The van der Waals surface area contributed by atoms with E-state index in [2.05, 4.69) is 32.8 Å². The maximum atomic E-state index is 12.6. The smallest absolute Gasteiger partial charge is 0.322 e. The Bertz CT molecular complexity index is 1170. The van der Waals surface area contributed by atoms with Gasteiger partial charge in [0.15, 0.2) is 0 Å². The first-order valence-corrected chi connectivity index (χ1v) is 11.3. The summed E-state index contributed by atoms with van der Waals surface area (Å²) in [5.74, 6) is 0.0217. The zero-order chi connectivity index (χ0) is 24.1. The molecule has 2 heterocycles. The van der Waals surface area contributed by atoms with E-state index in [1.807, 2.05) is 66.4 Å². The number of anilines is 4. The maximum Gasteiger partial charge on any atom is 0.322 e. The predicted octanol–water partition coefficient (Wildman–Crippen LogP) is 4.51. The number of amides is 3. The van der Waals surface area contributed by atoms with E-state index in [0.29, 0.717) is 23.1 Å². The normalized spacial score (nSPS) is 16.1. The molecular weight excluding hydrogens is 430 g/mol. The molecular formula is C25H29N7O2. The maximum absolute atomic E-state index is 12.6. The highest BCUT2D eigenvalue weighted by atomic mass is 16.2. The number of likely N-dealkylation sites (tertiary alicyclic amines) is 1. The third-order valence-electron chi connectivity index (χ3n) is 5.89. The Kier molecular flexibility index (Phi) is 6.91. The van der Waals surface area contributed by atoms with E-state index in [-0.39, 0.29) is 23.7 Å². The molecule has 1 aromatic heterocycles. The molecule has 0 radical (unpaired) electrons. The lowest BCUT2D eigenvalue weighted by molar-refractivity contribution is 0.100. The molecule has 0 aliphatic carbocycles. The van der Waals surface area contributed by atoms with Crippen LogP contribution in [-0.2, 0) is 0 Å². The number of nitrogens with one attached hydrogen (secondary N) is 3. The topological polar surface area (TPSA) is 125 Å². The highest BCUT2D eigenvalue weighted by molar-refractivity contribution is 5.97. The Morgan fingerprint density at radius 2 is 1.88 bits per heavy atom. The first-order valence-electron chi connectivity index (χ1n) is 11.3. The summed E-state index contributed by atoms with van der Waals surface area (Å²) in [6, 6.07) is 17.2. The Labute approximate surface area is 198 Å². The van der Waals surface area contributed by atoms with E-state index in [9.17, 15) is 9.59 Å². The van der Waals surface area contributed by atoms with Crippen LogP contribution in [0.1, 0.15) is 48.7 Å². The number of carbonyl (C=O) groups excluding carboxylic acids is 2. The zero-order valence-corrected chi connectivity index (χ0v) is 19.3. The lowest BCUT2D eigenvalue weighted by Gasteiger charge is -2.22. The van der Waals surface area contributed by atoms with Crippen LogP contribution in [0, 0.1) is 0 Å². The Morgan fingerprint density at radius 3 is 2.59 bits per heavy atom. The molecule has 9 heteroatoms. The summed E-state index contributed by atoms with van der Waals surface area (Å²) in [5, 5.41) is 9.34. The molecule has 2 atom stereocenters. The minimum Gasteiger partial charge on any atom is -0.365 e. The van der Waals surface area contributed by atoms with Gasteiger partial charge in [0, 0.05) is 36.2 Å². The van der Waals surface area contributed by atoms with Gasteiger partial charge >= 0.3 is 6.03 Å². The molecule has 3 amide bonds. The van der Waals surface area contributed by atoms with Gasteiger partial charge in [-0.3, -0.25) is 4.79 Å². The van der Waals surface area contributed by atoms with Crippen molar-refractivity contribution in [2.75, 3.05) is 22.5 Å². The van der Waals surface area contributed by atoms with Gasteiger partial charge in [-0.2, -0.15) is 4.98 Å².